The number of imidazole rings is 1. The van der Waals surface area contributed by atoms with Gasteiger partial charge in [-0.2, -0.15) is 0 Å². The number of benzene rings is 4. The third-order valence-electron chi connectivity index (χ3n) is 5.09. The lowest BCUT2D eigenvalue weighted by Gasteiger charge is -2.13. The SMILES string of the molecule is Brc1ccccc1-c1nc2ccccc2n1CCOc1cccc2ccccc12. The van der Waals surface area contributed by atoms with Crippen LogP contribution < -0.4 is 4.74 Å². The molecule has 1 aromatic heterocycles. The maximum atomic E-state index is 6.20. The summed E-state index contributed by atoms with van der Waals surface area (Å²) in [7, 11) is 0. The maximum absolute atomic E-state index is 6.20. The van der Waals surface area contributed by atoms with Crippen LogP contribution in [0.1, 0.15) is 0 Å². The van der Waals surface area contributed by atoms with Crippen LogP contribution in [0.15, 0.2) is 95.5 Å². The van der Waals surface area contributed by atoms with Crippen LogP contribution in [0.4, 0.5) is 0 Å². The number of hydrogen-bond acceptors (Lipinski definition) is 2. The van der Waals surface area contributed by atoms with Crippen LogP contribution in [-0.4, -0.2) is 16.2 Å². The molecule has 4 aromatic carbocycles. The van der Waals surface area contributed by atoms with Gasteiger partial charge in [-0.3, -0.25) is 0 Å². The molecule has 0 aliphatic rings. The lowest BCUT2D eigenvalue weighted by Crippen LogP contribution is -2.10. The molecule has 0 radical (unpaired) electrons. The number of para-hydroxylation sites is 2. The van der Waals surface area contributed by atoms with Gasteiger partial charge in [-0.05, 0) is 29.7 Å². The van der Waals surface area contributed by atoms with Gasteiger partial charge in [0.2, 0.25) is 0 Å². The van der Waals surface area contributed by atoms with Crippen LogP contribution in [0.25, 0.3) is 33.2 Å². The summed E-state index contributed by atoms with van der Waals surface area (Å²) in [4.78, 5) is 4.90. The fraction of sp³-hybridized carbons (Fsp3) is 0.0800. The first-order valence-corrected chi connectivity index (χ1v) is 10.4. The molecule has 142 valence electrons. The maximum Gasteiger partial charge on any atom is 0.142 e. The molecule has 5 rings (SSSR count). The molecule has 5 aromatic rings. The Bertz CT molecular complexity index is 1300. The largest absolute Gasteiger partial charge is 0.491 e. The van der Waals surface area contributed by atoms with Crippen molar-refractivity contribution in [3.05, 3.63) is 95.5 Å². The lowest BCUT2D eigenvalue weighted by molar-refractivity contribution is 0.304. The summed E-state index contributed by atoms with van der Waals surface area (Å²) in [5, 5.41) is 2.32. The number of ether oxygens (including phenoxy) is 1. The highest BCUT2D eigenvalue weighted by Gasteiger charge is 2.14. The van der Waals surface area contributed by atoms with Crippen LogP contribution >= 0.6 is 15.9 Å². The lowest BCUT2D eigenvalue weighted by atomic mass is 10.1. The Morgan fingerprint density at radius 3 is 2.48 bits per heavy atom. The number of aromatic nitrogens is 2. The molecular formula is C25H19BrN2O. The van der Waals surface area contributed by atoms with E-state index in [1.54, 1.807) is 0 Å². The molecule has 0 aliphatic carbocycles. The smallest absolute Gasteiger partial charge is 0.142 e. The van der Waals surface area contributed by atoms with E-state index in [1.165, 1.54) is 5.39 Å². The molecule has 0 amide bonds. The van der Waals surface area contributed by atoms with Gasteiger partial charge in [0.1, 0.15) is 18.2 Å². The molecule has 0 bridgehead atoms. The molecule has 4 heteroatoms. The standard InChI is InChI=1S/C25H19BrN2O/c26-21-12-4-3-11-20(21)25-27-22-13-5-6-14-23(22)28(25)16-17-29-24-15-7-9-18-8-1-2-10-19(18)24/h1-15H,16-17H2. The van der Waals surface area contributed by atoms with E-state index in [9.17, 15) is 0 Å². The molecule has 0 N–H and O–H groups in total. The van der Waals surface area contributed by atoms with Crippen LogP contribution in [0.3, 0.4) is 0 Å². The molecule has 0 spiro atoms. The van der Waals surface area contributed by atoms with Crippen molar-refractivity contribution in [1.29, 1.82) is 0 Å². The summed E-state index contributed by atoms with van der Waals surface area (Å²) in [6.45, 7) is 1.27. The normalized spacial score (nSPS) is 11.2. The van der Waals surface area contributed by atoms with Crippen molar-refractivity contribution in [2.45, 2.75) is 6.54 Å². The number of fused-ring (bicyclic) bond motifs is 2. The monoisotopic (exact) mass is 442 g/mol. The van der Waals surface area contributed by atoms with Gasteiger partial charge in [-0.15, -0.1) is 0 Å². The minimum Gasteiger partial charge on any atom is -0.491 e. The zero-order valence-corrected chi connectivity index (χ0v) is 17.3. The number of hydrogen-bond donors (Lipinski definition) is 0. The second-order valence-electron chi connectivity index (χ2n) is 6.88. The van der Waals surface area contributed by atoms with E-state index in [1.807, 2.05) is 48.5 Å². The highest BCUT2D eigenvalue weighted by Crippen LogP contribution is 2.31. The van der Waals surface area contributed by atoms with Crippen molar-refractivity contribution in [3.63, 3.8) is 0 Å². The minimum absolute atomic E-state index is 0.561. The first-order valence-electron chi connectivity index (χ1n) is 9.62. The van der Waals surface area contributed by atoms with E-state index in [0.29, 0.717) is 13.2 Å². The van der Waals surface area contributed by atoms with Gasteiger partial charge >= 0.3 is 0 Å². The predicted molar refractivity (Wildman–Crippen MR) is 122 cm³/mol. The third-order valence-corrected chi connectivity index (χ3v) is 5.78. The predicted octanol–water partition coefficient (Wildman–Crippen LogP) is 6.70. The molecule has 0 fully saturated rings. The average molecular weight is 443 g/mol. The van der Waals surface area contributed by atoms with E-state index in [0.717, 1.165) is 38.0 Å². The minimum atomic E-state index is 0.561. The quantitative estimate of drug-likeness (QED) is 0.302. The van der Waals surface area contributed by atoms with Gasteiger partial charge < -0.3 is 9.30 Å². The van der Waals surface area contributed by atoms with Gasteiger partial charge in [0, 0.05) is 15.4 Å². The molecule has 0 aliphatic heterocycles. The first-order chi connectivity index (χ1) is 14.3. The fourth-order valence-electron chi connectivity index (χ4n) is 3.72. The molecule has 0 unspecified atom stereocenters. The Labute approximate surface area is 177 Å². The highest BCUT2D eigenvalue weighted by atomic mass is 79.9. The van der Waals surface area contributed by atoms with E-state index >= 15 is 0 Å². The van der Waals surface area contributed by atoms with Crippen molar-refractivity contribution < 1.29 is 4.74 Å². The Balaban J connectivity index is 1.49. The summed E-state index contributed by atoms with van der Waals surface area (Å²) in [5.41, 5.74) is 3.18. The average Bonchev–Trinajstić information content (AvgIpc) is 3.13. The van der Waals surface area contributed by atoms with Crippen LogP contribution in [-0.2, 0) is 6.54 Å². The first kappa shape index (κ1) is 18.0. The van der Waals surface area contributed by atoms with Crippen molar-refractivity contribution in [2.24, 2.45) is 0 Å². The van der Waals surface area contributed by atoms with E-state index in [-0.39, 0.29) is 0 Å². The summed E-state index contributed by atoms with van der Waals surface area (Å²) < 4.78 is 9.47. The van der Waals surface area contributed by atoms with Gasteiger partial charge in [-0.25, -0.2) is 4.98 Å². The molecule has 0 saturated carbocycles. The summed E-state index contributed by atoms with van der Waals surface area (Å²) in [5.74, 6) is 1.86. The van der Waals surface area contributed by atoms with Gasteiger partial charge in [0.05, 0.1) is 17.6 Å². The number of nitrogens with zero attached hydrogens (tertiary/aromatic N) is 2. The Morgan fingerprint density at radius 2 is 1.55 bits per heavy atom. The number of halogens is 1. The van der Waals surface area contributed by atoms with Crippen LogP contribution in [0, 0.1) is 0 Å². The van der Waals surface area contributed by atoms with Gasteiger partial charge in [0.25, 0.3) is 0 Å². The fourth-order valence-corrected chi connectivity index (χ4v) is 4.18. The van der Waals surface area contributed by atoms with Gasteiger partial charge in [0.15, 0.2) is 0 Å². The van der Waals surface area contributed by atoms with Crippen molar-refractivity contribution >= 4 is 37.7 Å². The summed E-state index contributed by atoms with van der Waals surface area (Å²) in [6.07, 6.45) is 0. The second-order valence-corrected chi connectivity index (χ2v) is 7.74. The summed E-state index contributed by atoms with van der Waals surface area (Å²) in [6, 6.07) is 30.9. The van der Waals surface area contributed by atoms with E-state index in [4.69, 9.17) is 9.72 Å². The zero-order chi connectivity index (χ0) is 19.6. The molecule has 0 atom stereocenters. The topological polar surface area (TPSA) is 27.1 Å². The summed E-state index contributed by atoms with van der Waals surface area (Å²) >= 11 is 3.67. The van der Waals surface area contributed by atoms with Crippen LogP contribution in [0.2, 0.25) is 0 Å². The van der Waals surface area contributed by atoms with E-state index < -0.39 is 0 Å². The third kappa shape index (κ3) is 3.40. The number of rotatable bonds is 5. The zero-order valence-electron chi connectivity index (χ0n) is 15.8. The Morgan fingerprint density at radius 1 is 0.793 bits per heavy atom. The molecule has 1 heterocycles. The van der Waals surface area contributed by atoms with Crippen molar-refractivity contribution in [2.75, 3.05) is 6.61 Å². The highest BCUT2D eigenvalue weighted by molar-refractivity contribution is 9.10. The molecule has 29 heavy (non-hydrogen) atoms. The van der Waals surface area contributed by atoms with Crippen molar-refractivity contribution in [3.8, 4) is 17.1 Å². The molecular weight excluding hydrogens is 424 g/mol. The second kappa shape index (κ2) is 7.72. The van der Waals surface area contributed by atoms with Crippen LogP contribution in [0.5, 0.6) is 5.75 Å². The Hall–Kier alpha value is -3.11. The molecule has 3 nitrogen and oxygen atoms in total. The molecule has 0 saturated heterocycles. The van der Waals surface area contributed by atoms with E-state index in [2.05, 4.69) is 63.0 Å². The van der Waals surface area contributed by atoms with Gasteiger partial charge in [-0.1, -0.05) is 82.7 Å². The van der Waals surface area contributed by atoms with Crippen molar-refractivity contribution in [1.82, 2.24) is 9.55 Å². The Kier molecular flexibility index (Phi) is 4.78.